The maximum absolute atomic E-state index is 6.62. The Morgan fingerprint density at radius 3 is 2.02 bits per heavy atom. The van der Waals surface area contributed by atoms with Crippen LogP contribution in [0.3, 0.4) is 0 Å². The Labute approximate surface area is 283 Å². The van der Waals surface area contributed by atoms with Gasteiger partial charge in [-0.1, -0.05) is 91.0 Å². The van der Waals surface area contributed by atoms with Crippen molar-refractivity contribution in [1.82, 2.24) is 14.1 Å². The fraction of sp³-hybridized carbons (Fsp3) is 0. The average Bonchev–Trinajstić information content (AvgIpc) is 3.74. The molecule has 0 aliphatic carbocycles. The highest BCUT2D eigenvalue weighted by Gasteiger charge is 2.30. The fourth-order valence-electron chi connectivity index (χ4n) is 7.41. The summed E-state index contributed by atoms with van der Waals surface area (Å²) < 4.78 is 13.4. The third-order valence-corrected chi connectivity index (χ3v) is 9.52. The Morgan fingerprint density at radius 2 is 1.18 bits per heavy atom. The summed E-state index contributed by atoms with van der Waals surface area (Å²) in [7, 11) is 0. The van der Waals surface area contributed by atoms with E-state index in [0.29, 0.717) is 0 Å². The molecule has 0 unspecified atom stereocenters. The maximum atomic E-state index is 6.62. The first-order chi connectivity index (χ1) is 24.3. The van der Waals surface area contributed by atoms with E-state index in [4.69, 9.17) is 4.74 Å². The van der Waals surface area contributed by atoms with Gasteiger partial charge in [-0.05, 0) is 71.3 Å². The number of rotatable bonds is 4. The predicted octanol–water partition coefficient (Wildman–Crippen LogP) is 10.4. The lowest BCUT2D eigenvalue weighted by molar-refractivity contribution is -0.582. The van der Waals surface area contributed by atoms with Crippen molar-refractivity contribution < 1.29 is 9.30 Å². The van der Waals surface area contributed by atoms with E-state index in [1.807, 2.05) is 30.5 Å². The molecule has 0 fully saturated rings. The number of pyridine rings is 1. The van der Waals surface area contributed by atoms with Crippen molar-refractivity contribution in [2.24, 2.45) is 0 Å². The van der Waals surface area contributed by atoms with Crippen LogP contribution in [-0.4, -0.2) is 14.1 Å². The first-order valence-electron chi connectivity index (χ1n) is 16.5. The van der Waals surface area contributed by atoms with Crippen LogP contribution in [0.15, 0.2) is 176 Å². The zero-order chi connectivity index (χ0) is 32.3. The summed E-state index contributed by atoms with van der Waals surface area (Å²) in [5, 5.41) is 2.34. The van der Waals surface area contributed by atoms with Gasteiger partial charge in [0.2, 0.25) is 0 Å². The Bertz CT molecular complexity index is 2700. The number of nitrogens with zero attached hydrogens (tertiary/aromatic N) is 4. The van der Waals surface area contributed by atoms with Gasteiger partial charge in [0.25, 0.3) is 5.82 Å². The summed E-state index contributed by atoms with van der Waals surface area (Å²) in [6.45, 7) is 0. The SMILES string of the molecule is c1ccc(-n2c3ccccc3c3ccc(Oc4cccc(-n5cc[n+]6c5-c5ccccc5-c5ccccc5-c5ccccc5-6)c4)cc32)nc1. The van der Waals surface area contributed by atoms with E-state index in [1.165, 1.54) is 27.6 Å². The molecule has 49 heavy (non-hydrogen) atoms. The topological polar surface area (TPSA) is 35.9 Å². The molecule has 0 bridgehead atoms. The molecule has 5 nitrogen and oxygen atoms in total. The molecule has 9 aromatic rings. The van der Waals surface area contributed by atoms with Gasteiger partial charge in [-0.25, -0.2) is 4.98 Å². The van der Waals surface area contributed by atoms with Crippen LogP contribution in [0.4, 0.5) is 0 Å². The van der Waals surface area contributed by atoms with E-state index >= 15 is 0 Å². The number of aromatic nitrogens is 4. The van der Waals surface area contributed by atoms with Crippen molar-refractivity contribution in [1.29, 1.82) is 0 Å². The van der Waals surface area contributed by atoms with Gasteiger partial charge in [-0.15, -0.1) is 0 Å². The van der Waals surface area contributed by atoms with E-state index in [0.717, 1.165) is 56.5 Å². The third-order valence-electron chi connectivity index (χ3n) is 9.52. The molecule has 3 aromatic heterocycles. The number of para-hydroxylation sites is 2. The summed E-state index contributed by atoms with van der Waals surface area (Å²) in [4.78, 5) is 4.68. The van der Waals surface area contributed by atoms with E-state index in [1.54, 1.807) is 0 Å². The van der Waals surface area contributed by atoms with Crippen molar-refractivity contribution in [3.8, 4) is 62.3 Å². The molecule has 0 atom stereocenters. The summed E-state index contributed by atoms with van der Waals surface area (Å²) >= 11 is 0. The highest BCUT2D eigenvalue weighted by molar-refractivity contribution is 6.09. The van der Waals surface area contributed by atoms with E-state index in [9.17, 15) is 0 Å². The van der Waals surface area contributed by atoms with Gasteiger partial charge in [-0.2, -0.15) is 9.13 Å². The van der Waals surface area contributed by atoms with Crippen molar-refractivity contribution in [2.45, 2.75) is 0 Å². The van der Waals surface area contributed by atoms with Crippen LogP contribution in [0.5, 0.6) is 11.5 Å². The molecule has 5 heteroatoms. The molecule has 0 saturated heterocycles. The first-order valence-corrected chi connectivity index (χ1v) is 16.5. The van der Waals surface area contributed by atoms with Crippen LogP contribution in [0.1, 0.15) is 0 Å². The Morgan fingerprint density at radius 1 is 0.510 bits per heavy atom. The van der Waals surface area contributed by atoms with Gasteiger partial charge in [-0.3, -0.25) is 4.57 Å². The van der Waals surface area contributed by atoms with Crippen LogP contribution in [0.2, 0.25) is 0 Å². The minimum absolute atomic E-state index is 0.759. The Balaban J connectivity index is 1.10. The smallest absolute Gasteiger partial charge is 0.299 e. The second-order valence-electron chi connectivity index (χ2n) is 12.3. The number of ether oxygens (including phenoxy) is 1. The monoisotopic (exact) mass is 629 g/mol. The van der Waals surface area contributed by atoms with Crippen LogP contribution < -0.4 is 9.30 Å². The van der Waals surface area contributed by atoms with Crippen molar-refractivity contribution in [3.05, 3.63) is 176 Å². The van der Waals surface area contributed by atoms with Crippen molar-refractivity contribution in [3.63, 3.8) is 0 Å². The van der Waals surface area contributed by atoms with Crippen LogP contribution in [0.25, 0.3) is 72.6 Å². The number of benzene rings is 6. The lowest BCUT2D eigenvalue weighted by Crippen LogP contribution is -2.33. The molecule has 0 amide bonds. The van der Waals surface area contributed by atoms with Crippen LogP contribution >= 0.6 is 0 Å². The lowest BCUT2D eigenvalue weighted by atomic mass is 9.89. The number of fused-ring (bicyclic) bond motifs is 11. The molecule has 1 aliphatic heterocycles. The van der Waals surface area contributed by atoms with Crippen LogP contribution in [0, 0.1) is 0 Å². The highest BCUT2D eigenvalue weighted by atomic mass is 16.5. The molecular weight excluding hydrogens is 601 g/mol. The third kappa shape index (κ3) is 4.33. The largest absolute Gasteiger partial charge is 0.457 e. The fourth-order valence-corrected chi connectivity index (χ4v) is 7.41. The highest BCUT2D eigenvalue weighted by Crippen LogP contribution is 2.42. The minimum Gasteiger partial charge on any atom is -0.457 e. The molecular formula is C44H29N4O+. The van der Waals surface area contributed by atoms with Gasteiger partial charge in [0.15, 0.2) is 0 Å². The van der Waals surface area contributed by atoms with Gasteiger partial charge in [0, 0.05) is 34.7 Å². The lowest BCUT2D eigenvalue weighted by Gasteiger charge is -2.19. The Kier molecular flexibility index (Phi) is 6.11. The molecule has 6 aromatic carbocycles. The summed E-state index contributed by atoms with van der Waals surface area (Å²) in [5.74, 6) is 3.47. The van der Waals surface area contributed by atoms with E-state index in [2.05, 4.69) is 165 Å². The molecule has 1 aliphatic rings. The second kappa shape index (κ2) is 10.9. The van der Waals surface area contributed by atoms with Crippen molar-refractivity contribution >= 4 is 21.8 Å². The Hall–Kier alpha value is -6.72. The molecule has 10 rings (SSSR count). The zero-order valence-corrected chi connectivity index (χ0v) is 26.4. The summed E-state index contributed by atoms with van der Waals surface area (Å²) in [6, 6.07) is 55.1. The molecule has 0 saturated carbocycles. The minimum atomic E-state index is 0.759. The quantitative estimate of drug-likeness (QED) is 0.182. The second-order valence-corrected chi connectivity index (χ2v) is 12.3. The predicted molar refractivity (Wildman–Crippen MR) is 196 cm³/mol. The first kappa shape index (κ1) is 27.4. The standard InChI is InChI=1S/C44H29N4O/c1-2-15-34-33(14-1)35-16-3-4-19-39(35)44-46(26-27-47(44)40-20-7-5-17-36(34)40)30-12-11-13-31(28-30)49-32-23-24-38-37-18-6-8-21-41(37)48(42(38)29-32)43-22-9-10-25-45-43/h1-29H/q+1. The van der Waals surface area contributed by atoms with Gasteiger partial charge < -0.3 is 4.74 Å². The molecule has 0 spiro atoms. The number of imidazole rings is 1. The van der Waals surface area contributed by atoms with Gasteiger partial charge in [0.05, 0.1) is 16.6 Å². The van der Waals surface area contributed by atoms with Gasteiger partial charge in [0.1, 0.15) is 41.1 Å². The maximum Gasteiger partial charge on any atom is 0.299 e. The van der Waals surface area contributed by atoms with Crippen LogP contribution in [-0.2, 0) is 0 Å². The zero-order valence-electron chi connectivity index (χ0n) is 26.4. The average molecular weight is 630 g/mol. The molecule has 0 N–H and O–H groups in total. The number of hydrogen-bond acceptors (Lipinski definition) is 2. The summed E-state index contributed by atoms with van der Waals surface area (Å²) in [6.07, 6.45) is 6.14. The van der Waals surface area contributed by atoms with Crippen molar-refractivity contribution in [2.75, 3.05) is 0 Å². The normalized spacial score (nSPS) is 11.7. The molecule has 0 radical (unpaired) electrons. The van der Waals surface area contributed by atoms with E-state index < -0.39 is 0 Å². The summed E-state index contributed by atoms with van der Waals surface area (Å²) in [5.41, 5.74) is 10.3. The molecule has 4 heterocycles. The molecule has 230 valence electrons. The van der Waals surface area contributed by atoms with Gasteiger partial charge >= 0.3 is 0 Å². The van der Waals surface area contributed by atoms with E-state index in [-0.39, 0.29) is 0 Å². The number of hydrogen-bond donors (Lipinski definition) is 0.